The number of hydrogen-bond acceptors (Lipinski definition) is 5. The molecule has 0 radical (unpaired) electrons. The summed E-state index contributed by atoms with van der Waals surface area (Å²) in [6.45, 7) is 0.336. The summed E-state index contributed by atoms with van der Waals surface area (Å²) in [5.41, 5.74) is 0.775. The molecule has 0 spiro atoms. The van der Waals surface area contributed by atoms with Crippen LogP contribution in [0.2, 0.25) is 0 Å². The lowest BCUT2D eigenvalue weighted by atomic mass is 10.2. The van der Waals surface area contributed by atoms with E-state index in [1.54, 1.807) is 19.2 Å². The number of carbonyl (C=O) groups is 1. The van der Waals surface area contributed by atoms with Gasteiger partial charge in [0.25, 0.3) is 5.69 Å². The summed E-state index contributed by atoms with van der Waals surface area (Å²) in [6, 6.07) is 9.46. The molecule has 0 unspecified atom stereocenters. The van der Waals surface area contributed by atoms with Crippen LogP contribution < -0.4 is 15.4 Å². The second-order valence-electron chi connectivity index (χ2n) is 4.31. The number of rotatable bonds is 5. The minimum absolute atomic E-state index is 0.135. The molecule has 0 bridgehead atoms. The van der Waals surface area contributed by atoms with Crippen LogP contribution >= 0.6 is 0 Å². The summed E-state index contributed by atoms with van der Waals surface area (Å²) < 4.78 is 5.04. The molecule has 114 valence electrons. The first-order chi connectivity index (χ1) is 10.6. The zero-order valence-electron chi connectivity index (χ0n) is 11.8. The van der Waals surface area contributed by atoms with E-state index in [0.717, 1.165) is 17.5 Å². The maximum Gasteiger partial charge on any atom is 0.320 e. The Kier molecular flexibility index (Phi) is 4.86. The first-order valence-electron chi connectivity index (χ1n) is 6.36. The Morgan fingerprint density at radius 3 is 2.55 bits per heavy atom. The van der Waals surface area contributed by atoms with Crippen LogP contribution in [0.25, 0.3) is 0 Å². The molecule has 2 rings (SSSR count). The lowest BCUT2D eigenvalue weighted by Crippen LogP contribution is -2.28. The van der Waals surface area contributed by atoms with Gasteiger partial charge in [-0.3, -0.25) is 15.4 Å². The second-order valence-corrected chi connectivity index (χ2v) is 4.31. The van der Waals surface area contributed by atoms with Crippen molar-refractivity contribution in [2.45, 2.75) is 6.54 Å². The number of benzene rings is 1. The summed E-state index contributed by atoms with van der Waals surface area (Å²) in [6.07, 6.45) is 1.08. The Morgan fingerprint density at radius 1 is 1.27 bits per heavy atom. The third kappa shape index (κ3) is 4.17. The Hall–Kier alpha value is -3.16. The molecule has 22 heavy (non-hydrogen) atoms. The Labute approximate surface area is 126 Å². The molecule has 1 aromatic carbocycles. The number of nitrogens with zero attached hydrogens (tertiary/aromatic N) is 2. The van der Waals surface area contributed by atoms with Gasteiger partial charge in [0.15, 0.2) is 0 Å². The zero-order valence-corrected chi connectivity index (χ0v) is 11.8. The van der Waals surface area contributed by atoms with Gasteiger partial charge in [-0.25, -0.2) is 9.78 Å². The fourth-order valence-electron chi connectivity index (χ4n) is 1.65. The number of ether oxygens (including phenoxy) is 1. The maximum absolute atomic E-state index is 11.7. The highest BCUT2D eigenvalue weighted by Gasteiger charge is 2.07. The third-order valence-electron chi connectivity index (χ3n) is 2.81. The van der Waals surface area contributed by atoms with E-state index in [1.807, 2.05) is 12.1 Å². The lowest BCUT2D eigenvalue weighted by molar-refractivity contribution is -0.385. The van der Waals surface area contributed by atoms with Crippen LogP contribution in [-0.2, 0) is 6.54 Å². The largest absolute Gasteiger partial charge is 0.497 e. The topological polar surface area (TPSA) is 106 Å². The number of hydrogen-bond donors (Lipinski definition) is 2. The van der Waals surface area contributed by atoms with E-state index < -0.39 is 11.0 Å². The van der Waals surface area contributed by atoms with Crippen molar-refractivity contribution in [2.75, 3.05) is 12.4 Å². The van der Waals surface area contributed by atoms with Crippen LogP contribution in [0.5, 0.6) is 5.75 Å². The van der Waals surface area contributed by atoms with Gasteiger partial charge in [0.05, 0.1) is 12.0 Å². The van der Waals surface area contributed by atoms with Crippen LogP contribution in [0, 0.1) is 10.1 Å². The molecule has 8 heteroatoms. The molecule has 0 saturated heterocycles. The van der Waals surface area contributed by atoms with Crippen molar-refractivity contribution in [3.8, 4) is 5.75 Å². The summed E-state index contributed by atoms with van der Waals surface area (Å²) >= 11 is 0. The van der Waals surface area contributed by atoms with Crippen molar-refractivity contribution in [1.82, 2.24) is 10.3 Å². The van der Waals surface area contributed by atoms with E-state index in [9.17, 15) is 14.9 Å². The van der Waals surface area contributed by atoms with Crippen molar-refractivity contribution < 1.29 is 14.5 Å². The third-order valence-corrected chi connectivity index (χ3v) is 2.81. The molecule has 0 aliphatic heterocycles. The highest BCUT2D eigenvalue weighted by atomic mass is 16.6. The van der Waals surface area contributed by atoms with Crippen molar-refractivity contribution in [3.63, 3.8) is 0 Å². The fraction of sp³-hybridized carbons (Fsp3) is 0.143. The molecule has 2 aromatic rings. The SMILES string of the molecule is COc1ccc(CNC(=O)Nc2ccc([N+](=O)[O-])cn2)cc1. The van der Waals surface area contributed by atoms with E-state index in [0.29, 0.717) is 6.54 Å². The molecule has 0 aliphatic carbocycles. The standard InChI is InChI=1S/C14H14N4O4/c1-22-12-5-2-10(3-6-12)8-16-14(19)17-13-7-4-11(9-15-13)18(20)21/h2-7,9H,8H2,1H3,(H2,15,16,17,19). The molecule has 1 aromatic heterocycles. The van der Waals surface area contributed by atoms with E-state index >= 15 is 0 Å². The Balaban J connectivity index is 1.85. The molecular weight excluding hydrogens is 288 g/mol. The summed E-state index contributed by atoms with van der Waals surface area (Å²) in [5.74, 6) is 0.973. The van der Waals surface area contributed by atoms with Gasteiger partial charge in [-0.1, -0.05) is 12.1 Å². The summed E-state index contributed by atoms with van der Waals surface area (Å²) in [7, 11) is 1.58. The number of carbonyl (C=O) groups excluding carboxylic acids is 1. The van der Waals surface area contributed by atoms with Gasteiger partial charge in [0.2, 0.25) is 0 Å². The summed E-state index contributed by atoms with van der Waals surface area (Å²) in [5, 5.41) is 15.6. The van der Waals surface area contributed by atoms with Crippen molar-refractivity contribution >= 4 is 17.5 Å². The van der Waals surface area contributed by atoms with Gasteiger partial charge in [0, 0.05) is 12.6 Å². The number of anilines is 1. The highest BCUT2D eigenvalue weighted by molar-refractivity contribution is 5.88. The van der Waals surface area contributed by atoms with Gasteiger partial charge in [-0.15, -0.1) is 0 Å². The normalized spacial score (nSPS) is 9.86. The van der Waals surface area contributed by atoms with Crippen LogP contribution in [0.1, 0.15) is 5.56 Å². The Morgan fingerprint density at radius 2 is 2.00 bits per heavy atom. The number of urea groups is 1. The van der Waals surface area contributed by atoms with E-state index in [4.69, 9.17) is 4.74 Å². The quantitative estimate of drug-likeness (QED) is 0.651. The van der Waals surface area contributed by atoms with Gasteiger partial charge in [-0.05, 0) is 23.8 Å². The molecule has 8 nitrogen and oxygen atoms in total. The van der Waals surface area contributed by atoms with Crippen LogP contribution in [-0.4, -0.2) is 23.0 Å². The van der Waals surface area contributed by atoms with Gasteiger partial charge >= 0.3 is 6.03 Å². The van der Waals surface area contributed by atoms with Gasteiger partial charge in [-0.2, -0.15) is 0 Å². The molecule has 2 amide bonds. The van der Waals surface area contributed by atoms with Gasteiger partial charge in [0.1, 0.15) is 17.8 Å². The van der Waals surface area contributed by atoms with Crippen molar-refractivity contribution in [1.29, 1.82) is 0 Å². The molecule has 0 fully saturated rings. The van der Waals surface area contributed by atoms with Crippen molar-refractivity contribution in [3.05, 3.63) is 58.3 Å². The van der Waals surface area contributed by atoms with Crippen molar-refractivity contribution in [2.24, 2.45) is 0 Å². The lowest BCUT2D eigenvalue weighted by Gasteiger charge is -2.07. The fourth-order valence-corrected chi connectivity index (χ4v) is 1.65. The molecule has 0 aliphatic rings. The van der Waals surface area contributed by atoms with E-state index in [-0.39, 0.29) is 11.5 Å². The first kappa shape index (κ1) is 15.2. The number of pyridine rings is 1. The predicted molar refractivity (Wildman–Crippen MR) is 79.7 cm³/mol. The number of aromatic nitrogens is 1. The minimum Gasteiger partial charge on any atom is -0.497 e. The first-order valence-corrected chi connectivity index (χ1v) is 6.36. The molecule has 0 atom stereocenters. The average molecular weight is 302 g/mol. The Bertz CT molecular complexity index is 656. The summed E-state index contributed by atoms with van der Waals surface area (Å²) in [4.78, 5) is 25.4. The number of nitrogens with one attached hydrogen (secondary N) is 2. The average Bonchev–Trinajstić information content (AvgIpc) is 2.54. The van der Waals surface area contributed by atoms with Crippen LogP contribution in [0.4, 0.5) is 16.3 Å². The number of nitro groups is 1. The second kappa shape index (κ2) is 7.02. The van der Waals surface area contributed by atoms with Crippen LogP contribution in [0.3, 0.4) is 0 Å². The van der Waals surface area contributed by atoms with Crippen LogP contribution in [0.15, 0.2) is 42.6 Å². The number of methoxy groups -OCH3 is 1. The molecule has 1 heterocycles. The van der Waals surface area contributed by atoms with Gasteiger partial charge < -0.3 is 10.1 Å². The molecular formula is C14H14N4O4. The zero-order chi connectivity index (χ0) is 15.9. The molecule has 2 N–H and O–H groups in total. The predicted octanol–water partition coefficient (Wildman–Crippen LogP) is 2.32. The molecule has 0 saturated carbocycles. The van der Waals surface area contributed by atoms with E-state index in [1.165, 1.54) is 12.1 Å². The smallest absolute Gasteiger partial charge is 0.320 e. The van der Waals surface area contributed by atoms with E-state index in [2.05, 4.69) is 15.6 Å². The monoisotopic (exact) mass is 302 g/mol. The minimum atomic E-state index is -0.555. The number of amides is 2. The maximum atomic E-state index is 11.7. The highest BCUT2D eigenvalue weighted by Crippen LogP contribution is 2.12.